The second kappa shape index (κ2) is 9.45. The Hall–Kier alpha value is -3.33. The first-order chi connectivity index (χ1) is 14.4. The lowest BCUT2D eigenvalue weighted by molar-refractivity contribution is -0.139. The molecule has 2 amide bonds. The van der Waals surface area contributed by atoms with Crippen molar-refractivity contribution in [1.82, 2.24) is 4.90 Å². The molecule has 0 aliphatic carbocycles. The van der Waals surface area contributed by atoms with E-state index in [1.54, 1.807) is 25.1 Å². The Bertz CT molecular complexity index is 1020. The van der Waals surface area contributed by atoms with E-state index in [2.05, 4.69) is 0 Å². The lowest BCUT2D eigenvalue weighted by atomic mass is 10.1. The number of carbonyl (C=O) groups excluding carboxylic acids is 2. The standard InChI is InChI=1S/C21H18FNO6S/c1-2-28-17-9-13(7-8-16(17)29-12-19(24)25)10-18-20(26)23(21(27)30-18)11-14-5-3-4-6-15(14)22/h3-10H,2,11-12H2,1H3,(H,24,25)/b18-10-. The zero-order valence-electron chi connectivity index (χ0n) is 16.0. The predicted molar refractivity (Wildman–Crippen MR) is 109 cm³/mol. The van der Waals surface area contributed by atoms with Gasteiger partial charge in [-0.05, 0) is 48.5 Å². The van der Waals surface area contributed by atoms with E-state index in [-0.39, 0.29) is 22.8 Å². The molecule has 2 aromatic rings. The minimum Gasteiger partial charge on any atom is -0.490 e. The molecule has 2 aromatic carbocycles. The van der Waals surface area contributed by atoms with E-state index in [9.17, 15) is 18.8 Å². The highest BCUT2D eigenvalue weighted by molar-refractivity contribution is 8.18. The molecule has 3 rings (SSSR count). The van der Waals surface area contributed by atoms with Gasteiger partial charge in [0, 0.05) is 5.56 Å². The van der Waals surface area contributed by atoms with Gasteiger partial charge < -0.3 is 14.6 Å². The average molecular weight is 431 g/mol. The molecule has 0 saturated carbocycles. The van der Waals surface area contributed by atoms with Gasteiger partial charge in [-0.2, -0.15) is 0 Å². The van der Waals surface area contributed by atoms with Crippen molar-refractivity contribution in [1.29, 1.82) is 0 Å². The molecular formula is C21H18FNO6S. The zero-order chi connectivity index (χ0) is 21.7. The van der Waals surface area contributed by atoms with Crippen LogP contribution >= 0.6 is 11.8 Å². The highest BCUT2D eigenvalue weighted by atomic mass is 32.2. The molecule has 30 heavy (non-hydrogen) atoms. The lowest BCUT2D eigenvalue weighted by Crippen LogP contribution is -2.27. The largest absolute Gasteiger partial charge is 0.490 e. The number of rotatable bonds is 8. The van der Waals surface area contributed by atoms with Crippen LogP contribution < -0.4 is 9.47 Å². The third kappa shape index (κ3) is 4.98. The fraction of sp³-hybridized carbons (Fsp3) is 0.190. The van der Waals surface area contributed by atoms with E-state index >= 15 is 0 Å². The SMILES string of the molecule is CCOc1cc(/C=C2\SC(=O)N(Cc3ccccc3F)C2=O)ccc1OCC(=O)O. The van der Waals surface area contributed by atoms with Crippen LogP contribution in [0.1, 0.15) is 18.1 Å². The number of nitrogens with zero attached hydrogens (tertiary/aromatic N) is 1. The van der Waals surface area contributed by atoms with E-state index in [0.717, 1.165) is 16.7 Å². The summed E-state index contributed by atoms with van der Waals surface area (Å²) in [4.78, 5) is 36.8. The maximum absolute atomic E-state index is 13.9. The molecule has 1 saturated heterocycles. The molecule has 0 atom stereocenters. The van der Waals surface area contributed by atoms with E-state index in [0.29, 0.717) is 17.9 Å². The van der Waals surface area contributed by atoms with Gasteiger partial charge in [0.15, 0.2) is 18.1 Å². The average Bonchev–Trinajstić information content (AvgIpc) is 2.96. The molecule has 1 aliphatic heterocycles. The van der Waals surface area contributed by atoms with Crippen molar-refractivity contribution in [2.75, 3.05) is 13.2 Å². The van der Waals surface area contributed by atoms with Crippen molar-refractivity contribution < 1.29 is 33.4 Å². The summed E-state index contributed by atoms with van der Waals surface area (Å²) >= 11 is 0.766. The highest BCUT2D eigenvalue weighted by Crippen LogP contribution is 2.35. The number of hydrogen-bond acceptors (Lipinski definition) is 6. The number of halogens is 1. The fourth-order valence-corrected chi connectivity index (χ4v) is 3.56. The Balaban J connectivity index is 1.81. The number of carboxylic acids is 1. The first kappa shape index (κ1) is 21.4. The highest BCUT2D eigenvalue weighted by Gasteiger charge is 2.35. The Morgan fingerprint density at radius 1 is 1.17 bits per heavy atom. The number of ether oxygens (including phenoxy) is 2. The molecule has 7 nitrogen and oxygen atoms in total. The van der Waals surface area contributed by atoms with Gasteiger partial charge >= 0.3 is 5.97 Å². The van der Waals surface area contributed by atoms with Crippen LogP contribution in [0.4, 0.5) is 9.18 Å². The summed E-state index contributed by atoms with van der Waals surface area (Å²) in [5, 5.41) is 8.28. The van der Waals surface area contributed by atoms with Crippen molar-refractivity contribution in [2.24, 2.45) is 0 Å². The van der Waals surface area contributed by atoms with Gasteiger partial charge in [-0.1, -0.05) is 24.3 Å². The number of hydrogen-bond donors (Lipinski definition) is 1. The van der Waals surface area contributed by atoms with Crippen molar-refractivity contribution >= 4 is 35.0 Å². The Morgan fingerprint density at radius 3 is 2.63 bits per heavy atom. The number of thioether (sulfide) groups is 1. The van der Waals surface area contributed by atoms with Gasteiger partial charge in [-0.3, -0.25) is 14.5 Å². The van der Waals surface area contributed by atoms with Crippen LogP contribution in [0, 0.1) is 5.82 Å². The summed E-state index contributed by atoms with van der Waals surface area (Å²) in [5.41, 5.74) is 0.817. The molecule has 1 fully saturated rings. The third-order valence-corrected chi connectivity index (χ3v) is 4.98. The number of amides is 2. The molecular weight excluding hydrogens is 413 g/mol. The van der Waals surface area contributed by atoms with E-state index in [1.165, 1.54) is 30.3 Å². The van der Waals surface area contributed by atoms with Crippen molar-refractivity contribution in [3.05, 3.63) is 64.3 Å². The zero-order valence-corrected chi connectivity index (χ0v) is 16.8. The molecule has 1 aliphatic rings. The van der Waals surface area contributed by atoms with Crippen LogP contribution in [-0.4, -0.2) is 40.3 Å². The Morgan fingerprint density at radius 2 is 1.93 bits per heavy atom. The third-order valence-electron chi connectivity index (χ3n) is 4.08. The fourth-order valence-electron chi connectivity index (χ4n) is 2.73. The van der Waals surface area contributed by atoms with Gasteiger partial charge in [0.05, 0.1) is 18.1 Å². The smallest absolute Gasteiger partial charge is 0.341 e. The molecule has 1 N–H and O–H groups in total. The molecule has 9 heteroatoms. The predicted octanol–water partition coefficient (Wildman–Crippen LogP) is 3.92. The lowest BCUT2D eigenvalue weighted by Gasteiger charge is -2.13. The van der Waals surface area contributed by atoms with Gasteiger partial charge in [0.25, 0.3) is 11.1 Å². The van der Waals surface area contributed by atoms with Crippen LogP contribution in [0.25, 0.3) is 6.08 Å². The minimum absolute atomic E-state index is 0.152. The summed E-state index contributed by atoms with van der Waals surface area (Å²) in [6, 6.07) is 10.7. The number of carbonyl (C=O) groups is 3. The molecule has 0 spiro atoms. The molecule has 1 heterocycles. The molecule has 0 bridgehead atoms. The van der Waals surface area contributed by atoms with Crippen molar-refractivity contribution in [3.63, 3.8) is 0 Å². The summed E-state index contributed by atoms with van der Waals surface area (Å²) in [5.74, 6) is -1.55. The van der Waals surface area contributed by atoms with Crippen LogP contribution in [0.3, 0.4) is 0 Å². The minimum atomic E-state index is -1.12. The van der Waals surface area contributed by atoms with E-state index in [1.807, 2.05) is 0 Å². The summed E-state index contributed by atoms with van der Waals surface area (Å²) < 4.78 is 24.5. The van der Waals surface area contributed by atoms with Gasteiger partial charge in [0.2, 0.25) is 0 Å². The van der Waals surface area contributed by atoms with Crippen LogP contribution in [-0.2, 0) is 16.1 Å². The maximum Gasteiger partial charge on any atom is 0.341 e. The maximum atomic E-state index is 13.9. The topological polar surface area (TPSA) is 93.1 Å². The quantitative estimate of drug-likeness (QED) is 0.633. The summed E-state index contributed by atoms with van der Waals surface area (Å²) in [7, 11) is 0. The van der Waals surface area contributed by atoms with Crippen LogP contribution in [0.2, 0.25) is 0 Å². The van der Waals surface area contributed by atoms with Gasteiger partial charge in [-0.15, -0.1) is 0 Å². The molecule has 0 radical (unpaired) electrons. The second-order valence-corrected chi connectivity index (χ2v) is 7.17. The van der Waals surface area contributed by atoms with Crippen molar-refractivity contribution in [3.8, 4) is 11.5 Å². The monoisotopic (exact) mass is 431 g/mol. The van der Waals surface area contributed by atoms with Crippen LogP contribution in [0.5, 0.6) is 11.5 Å². The Kier molecular flexibility index (Phi) is 6.73. The van der Waals surface area contributed by atoms with Gasteiger partial charge in [0.1, 0.15) is 5.82 Å². The molecule has 0 aromatic heterocycles. The number of carboxylic acid groups (broad SMARTS) is 1. The summed E-state index contributed by atoms with van der Waals surface area (Å²) in [6.07, 6.45) is 1.52. The van der Waals surface area contributed by atoms with Crippen molar-refractivity contribution in [2.45, 2.75) is 13.5 Å². The molecule has 156 valence electrons. The number of benzene rings is 2. The van der Waals surface area contributed by atoms with E-state index in [4.69, 9.17) is 14.6 Å². The van der Waals surface area contributed by atoms with Crippen LogP contribution in [0.15, 0.2) is 47.4 Å². The van der Waals surface area contributed by atoms with E-state index < -0.39 is 29.5 Å². The normalized spacial score (nSPS) is 15.0. The Labute approximate surface area is 176 Å². The second-order valence-electron chi connectivity index (χ2n) is 6.18. The summed E-state index contributed by atoms with van der Waals surface area (Å²) in [6.45, 7) is 1.42. The number of aliphatic carboxylic acids is 1. The number of imide groups is 1. The molecule has 0 unspecified atom stereocenters. The van der Waals surface area contributed by atoms with Gasteiger partial charge in [-0.25, -0.2) is 9.18 Å². The first-order valence-electron chi connectivity index (χ1n) is 8.99. The first-order valence-corrected chi connectivity index (χ1v) is 9.81.